The van der Waals surface area contributed by atoms with E-state index in [1.807, 2.05) is 6.07 Å². The maximum absolute atomic E-state index is 12.2. The Morgan fingerprint density at radius 2 is 2.12 bits per heavy atom. The number of nitrogens with zero attached hydrogens (tertiary/aromatic N) is 1. The van der Waals surface area contributed by atoms with Crippen molar-refractivity contribution in [3.05, 3.63) is 23.8 Å². The molecule has 0 heterocycles. The maximum atomic E-state index is 12.2. The van der Waals surface area contributed by atoms with E-state index in [1.165, 1.54) is 19.2 Å². The van der Waals surface area contributed by atoms with Gasteiger partial charge in [0.15, 0.2) is 0 Å². The second-order valence-electron chi connectivity index (χ2n) is 2.87. The van der Waals surface area contributed by atoms with Crippen LogP contribution >= 0.6 is 11.8 Å². The molecular weight excluding hydrogens is 239 g/mol. The lowest BCUT2D eigenvalue weighted by atomic mass is 10.2. The van der Waals surface area contributed by atoms with Gasteiger partial charge in [-0.25, -0.2) is 0 Å². The molecule has 0 radical (unpaired) electrons. The van der Waals surface area contributed by atoms with Gasteiger partial charge in [-0.1, -0.05) is 6.07 Å². The minimum Gasteiger partial charge on any atom is -0.496 e. The standard InChI is InChI=1S/C10H8F3NOS/c1-15-8-3-2-7(4-5-14)6-9(8)16-10(11,12)13/h2-3,6H,4H2,1H3. The summed E-state index contributed by atoms with van der Waals surface area (Å²) in [4.78, 5) is -0.0252. The number of methoxy groups -OCH3 is 1. The van der Waals surface area contributed by atoms with Crippen molar-refractivity contribution >= 4 is 11.8 Å². The van der Waals surface area contributed by atoms with E-state index in [-0.39, 0.29) is 28.8 Å². The first-order chi connectivity index (χ1) is 7.46. The van der Waals surface area contributed by atoms with Gasteiger partial charge in [0.25, 0.3) is 0 Å². The zero-order valence-corrected chi connectivity index (χ0v) is 9.15. The average Bonchev–Trinajstić information content (AvgIpc) is 2.16. The summed E-state index contributed by atoms with van der Waals surface area (Å²) in [6, 6.07) is 6.20. The minimum absolute atomic E-state index is 0.0252. The zero-order valence-electron chi connectivity index (χ0n) is 8.34. The van der Waals surface area contributed by atoms with Crippen molar-refractivity contribution in [1.29, 1.82) is 5.26 Å². The molecule has 0 N–H and O–H groups in total. The van der Waals surface area contributed by atoms with Crippen LogP contribution in [0.5, 0.6) is 5.75 Å². The van der Waals surface area contributed by atoms with Gasteiger partial charge in [-0.3, -0.25) is 0 Å². The van der Waals surface area contributed by atoms with E-state index in [0.717, 1.165) is 0 Å². The van der Waals surface area contributed by atoms with Gasteiger partial charge in [-0.2, -0.15) is 18.4 Å². The molecule has 0 spiro atoms. The Labute approximate surface area is 95.0 Å². The number of halogens is 3. The Kier molecular flexibility index (Phi) is 4.07. The lowest BCUT2D eigenvalue weighted by Crippen LogP contribution is -2.00. The van der Waals surface area contributed by atoms with Crippen LogP contribution in [0.2, 0.25) is 0 Å². The van der Waals surface area contributed by atoms with Crippen LogP contribution in [0.4, 0.5) is 13.2 Å². The second kappa shape index (κ2) is 5.12. The largest absolute Gasteiger partial charge is 0.496 e. The summed E-state index contributed by atoms with van der Waals surface area (Å²) >= 11 is -0.242. The van der Waals surface area contributed by atoms with Crippen molar-refractivity contribution in [3.8, 4) is 11.8 Å². The molecule has 0 aliphatic carbocycles. The molecular formula is C10H8F3NOS. The van der Waals surface area contributed by atoms with Crippen LogP contribution in [0.25, 0.3) is 0 Å². The van der Waals surface area contributed by atoms with Crippen molar-refractivity contribution in [3.63, 3.8) is 0 Å². The van der Waals surface area contributed by atoms with E-state index in [2.05, 4.69) is 0 Å². The normalized spacial score (nSPS) is 10.9. The Morgan fingerprint density at radius 3 is 2.62 bits per heavy atom. The van der Waals surface area contributed by atoms with Gasteiger partial charge in [0.2, 0.25) is 0 Å². The van der Waals surface area contributed by atoms with E-state index < -0.39 is 5.51 Å². The fraction of sp³-hybridized carbons (Fsp3) is 0.300. The molecule has 1 rings (SSSR count). The van der Waals surface area contributed by atoms with Gasteiger partial charge in [0, 0.05) is 0 Å². The first-order valence-corrected chi connectivity index (χ1v) is 5.07. The summed E-state index contributed by atoms with van der Waals surface area (Å²) < 4.78 is 41.5. The molecule has 0 bridgehead atoms. The number of thioether (sulfide) groups is 1. The molecule has 0 aliphatic heterocycles. The van der Waals surface area contributed by atoms with Crippen LogP contribution in [0, 0.1) is 11.3 Å². The maximum Gasteiger partial charge on any atom is 0.446 e. The van der Waals surface area contributed by atoms with E-state index >= 15 is 0 Å². The molecule has 6 heteroatoms. The predicted molar refractivity (Wildman–Crippen MR) is 54.2 cm³/mol. The SMILES string of the molecule is COc1ccc(CC#N)cc1SC(F)(F)F. The molecule has 0 saturated carbocycles. The van der Waals surface area contributed by atoms with Gasteiger partial charge in [-0.15, -0.1) is 0 Å². The van der Waals surface area contributed by atoms with Crippen molar-refractivity contribution in [2.75, 3.05) is 7.11 Å². The quantitative estimate of drug-likeness (QED) is 0.768. The van der Waals surface area contributed by atoms with Crippen molar-refractivity contribution < 1.29 is 17.9 Å². The molecule has 1 aromatic rings. The van der Waals surface area contributed by atoms with Crippen molar-refractivity contribution in [1.82, 2.24) is 0 Å². The number of hydrogen-bond donors (Lipinski definition) is 0. The Morgan fingerprint density at radius 1 is 1.44 bits per heavy atom. The third kappa shape index (κ3) is 3.66. The number of nitriles is 1. The number of ether oxygens (including phenoxy) is 1. The van der Waals surface area contributed by atoms with Crippen LogP contribution in [-0.4, -0.2) is 12.6 Å². The smallest absolute Gasteiger partial charge is 0.446 e. The summed E-state index contributed by atoms with van der Waals surface area (Å²) in [6.07, 6.45) is 0.0788. The number of rotatable bonds is 3. The van der Waals surface area contributed by atoms with Gasteiger partial charge in [0.05, 0.1) is 24.5 Å². The molecule has 0 unspecified atom stereocenters. The minimum atomic E-state index is -4.36. The highest BCUT2D eigenvalue weighted by Gasteiger charge is 2.30. The van der Waals surface area contributed by atoms with E-state index in [0.29, 0.717) is 5.56 Å². The first-order valence-electron chi connectivity index (χ1n) is 4.26. The topological polar surface area (TPSA) is 33.0 Å². The summed E-state index contributed by atoms with van der Waals surface area (Å²) in [6.45, 7) is 0. The van der Waals surface area contributed by atoms with Gasteiger partial charge in [0.1, 0.15) is 5.75 Å². The highest BCUT2D eigenvalue weighted by molar-refractivity contribution is 8.00. The molecule has 2 nitrogen and oxygen atoms in total. The average molecular weight is 247 g/mol. The molecule has 0 atom stereocenters. The Hall–Kier alpha value is -1.35. The summed E-state index contributed by atoms with van der Waals surface area (Å²) in [7, 11) is 1.31. The van der Waals surface area contributed by atoms with Crippen LogP contribution in [0.15, 0.2) is 23.1 Å². The molecule has 0 aliphatic rings. The number of benzene rings is 1. The first kappa shape index (κ1) is 12.7. The van der Waals surface area contributed by atoms with Gasteiger partial charge in [-0.05, 0) is 29.5 Å². The zero-order chi connectivity index (χ0) is 12.2. The molecule has 86 valence electrons. The highest BCUT2D eigenvalue weighted by Crippen LogP contribution is 2.41. The Bertz CT molecular complexity index is 412. The monoisotopic (exact) mass is 247 g/mol. The summed E-state index contributed by atoms with van der Waals surface area (Å²) in [5.74, 6) is 0.156. The predicted octanol–water partition coefficient (Wildman–Crippen LogP) is 3.37. The summed E-state index contributed by atoms with van der Waals surface area (Å²) in [5.41, 5.74) is -3.83. The molecule has 16 heavy (non-hydrogen) atoms. The van der Waals surface area contributed by atoms with Crippen molar-refractivity contribution in [2.24, 2.45) is 0 Å². The molecule has 0 aromatic heterocycles. The van der Waals surface area contributed by atoms with Crippen molar-refractivity contribution in [2.45, 2.75) is 16.8 Å². The highest BCUT2D eigenvalue weighted by atomic mass is 32.2. The van der Waals surface area contributed by atoms with E-state index in [4.69, 9.17) is 10.00 Å². The fourth-order valence-electron chi connectivity index (χ4n) is 1.13. The lowest BCUT2D eigenvalue weighted by molar-refractivity contribution is -0.0328. The van der Waals surface area contributed by atoms with E-state index in [9.17, 15) is 13.2 Å². The van der Waals surface area contributed by atoms with Crippen LogP contribution in [-0.2, 0) is 6.42 Å². The third-order valence-electron chi connectivity index (χ3n) is 1.74. The molecule has 0 fully saturated rings. The molecule has 0 amide bonds. The molecule has 1 aromatic carbocycles. The van der Waals surface area contributed by atoms with Crippen LogP contribution in [0.1, 0.15) is 5.56 Å². The van der Waals surface area contributed by atoms with E-state index in [1.54, 1.807) is 6.07 Å². The summed E-state index contributed by atoms with van der Waals surface area (Å²) in [5, 5.41) is 8.46. The molecule has 0 saturated heterocycles. The lowest BCUT2D eigenvalue weighted by Gasteiger charge is -2.11. The van der Waals surface area contributed by atoms with Gasteiger partial charge < -0.3 is 4.74 Å². The van der Waals surface area contributed by atoms with Crippen LogP contribution < -0.4 is 4.74 Å². The third-order valence-corrected chi connectivity index (χ3v) is 2.51. The Balaban J connectivity index is 3.03. The second-order valence-corrected chi connectivity index (χ2v) is 3.97. The number of alkyl halides is 3. The number of hydrogen-bond acceptors (Lipinski definition) is 3. The van der Waals surface area contributed by atoms with Gasteiger partial charge >= 0.3 is 5.51 Å². The van der Waals surface area contributed by atoms with Crippen LogP contribution in [0.3, 0.4) is 0 Å². The fourth-order valence-corrected chi connectivity index (χ4v) is 1.84.